The third kappa shape index (κ3) is 4.59. The van der Waals surface area contributed by atoms with E-state index in [-0.39, 0.29) is 0 Å². The van der Waals surface area contributed by atoms with E-state index < -0.39 is 0 Å². The maximum atomic E-state index is 5.16. The van der Waals surface area contributed by atoms with E-state index in [0.29, 0.717) is 0 Å². The first-order valence-electron chi connectivity index (χ1n) is 5.13. The lowest BCUT2D eigenvalue weighted by atomic mass is 10.1. The van der Waals surface area contributed by atoms with Crippen LogP contribution in [0.15, 0.2) is 0 Å². The molecule has 1 nitrogen and oxygen atoms in total. The minimum Gasteiger partial charge on any atom is -0.313 e. The predicted octanol–water partition coefficient (Wildman–Crippen LogP) is 2.13. The summed E-state index contributed by atoms with van der Waals surface area (Å²) < 4.78 is 0. The second-order valence-electron chi connectivity index (χ2n) is 3.56. The number of nitrogens with one attached hydrogen (secondary N) is 1. The molecule has 1 atom stereocenters. The summed E-state index contributed by atoms with van der Waals surface area (Å²) in [6, 6.07) is 0.770. The maximum absolute atomic E-state index is 5.16. The molecule has 1 rings (SSSR count). The minimum atomic E-state index is 0.770. The van der Waals surface area contributed by atoms with Crippen LogP contribution >= 0.6 is 11.8 Å². The van der Waals surface area contributed by atoms with Crippen molar-refractivity contribution in [2.75, 3.05) is 18.1 Å². The zero-order chi connectivity index (χ0) is 9.52. The normalized spacial score (nSPS) is 18.2. The van der Waals surface area contributed by atoms with Gasteiger partial charge >= 0.3 is 0 Å². The average molecular weight is 197 g/mol. The number of rotatable bonds is 7. The molecule has 1 N–H and O–H groups in total. The van der Waals surface area contributed by atoms with Gasteiger partial charge in [-0.3, -0.25) is 0 Å². The highest BCUT2D eigenvalue weighted by atomic mass is 32.2. The molecule has 1 aliphatic carbocycles. The second kappa shape index (κ2) is 6.34. The van der Waals surface area contributed by atoms with Gasteiger partial charge in [0.1, 0.15) is 0 Å². The van der Waals surface area contributed by atoms with Crippen molar-refractivity contribution < 1.29 is 0 Å². The average Bonchev–Trinajstić information content (AvgIpc) is 2.95. The quantitative estimate of drug-likeness (QED) is 0.496. The molecule has 0 aliphatic heterocycles. The van der Waals surface area contributed by atoms with Crippen LogP contribution in [0.4, 0.5) is 0 Å². The third-order valence-electron chi connectivity index (χ3n) is 2.47. The first-order chi connectivity index (χ1) is 6.38. The molecule has 0 amide bonds. The summed E-state index contributed by atoms with van der Waals surface area (Å²) in [6.07, 6.45) is 9.30. The lowest BCUT2D eigenvalue weighted by molar-refractivity contribution is 0.464. The lowest BCUT2D eigenvalue weighted by Crippen LogP contribution is -2.32. The Kier molecular flexibility index (Phi) is 5.34. The summed E-state index contributed by atoms with van der Waals surface area (Å²) in [5.41, 5.74) is 0. The van der Waals surface area contributed by atoms with Crippen LogP contribution in [0.25, 0.3) is 0 Å². The fourth-order valence-corrected chi connectivity index (χ4v) is 2.11. The molecular formula is C11H19NS. The van der Waals surface area contributed by atoms with Crippen LogP contribution in [0.3, 0.4) is 0 Å². The van der Waals surface area contributed by atoms with E-state index >= 15 is 0 Å². The van der Waals surface area contributed by atoms with Crippen LogP contribution in [0, 0.1) is 18.3 Å². The van der Waals surface area contributed by atoms with Crippen molar-refractivity contribution in [2.45, 2.75) is 32.2 Å². The van der Waals surface area contributed by atoms with E-state index in [2.05, 4.69) is 18.2 Å². The number of thioether (sulfide) groups is 1. The second-order valence-corrected chi connectivity index (χ2v) is 4.67. The molecule has 0 bridgehead atoms. The van der Waals surface area contributed by atoms with Crippen LogP contribution in [0.5, 0.6) is 0 Å². The topological polar surface area (TPSA) is 12.0 Å². The largest absolute Gasteiger partial charge is 0.313 e. The molecule has 1 unspecified atom stereocenters. The molecule has 13 heavy (non-hydrogen) atoms. The summed E-state index contributed by atoms with van der Waals surface area (Å²) in [5.74, 6) is 5.61. The van der Waals surface area contributed by atoms with Gasteiger partial charge in [-0.15, -0.1) is 18.2 Å². The Morgan fingerprint density at radius 1 is 1.62 bits per heavy atom. The smallest absolute Gasteiger partial charge is 0.0545 e. The zero-order valence-electron chi connectivity index (χ0n) is 8.38. The molecule has 1 fully saturated rings. The first-order valence-corrected chi connectivity index (χ1v) is 6.28. The highest BCUT2D eigenvalue weighted by Crippen LogP contribution is 2.33. The zero-order valence-corrected chi connectivity index (χ0v) is 9.20. The monoisotopic (exact) mass is 197 g/mol. The number of hydrogen-bond acceptors (Lipinski definition) is 2. The highest BCUT2D eigenvalue weighted by Gasteiger charge is 2.28. The molecule has 0 saturated heterocycles. The van der Waals surface area contributed by atoms with Crippen molar-refractivity contribution in [3.05, 3.63) is 0 Å². The molecule has 1 saturated carbocycles. The molecule has 2 heteroatoms. The fraction of sp³-hybridized carbons (Fsp3) is 0.818. The van der Waals surface area contributed by atoms with E-state index in [1.165, 1.54) is 19.3 Å². The van der Waals surface area contributed by atoms with Crippen LogP contribution in [0.2, 0.25) is 0 Å². The van der Waals surface area contributed by atoms with Gasteiger partial charge in [0.25, 0.3) is 0 Å². The van der Waals surface area contributed by atoms with Gasteiger partial charge in [-0.25, -0.2) is 0 Å². The summed E-state index contributed by atoms with van der Waals surface area (Å²) in [4.78, 5) is 0. The van der Waals surface area contributed by atoms with Crippen molar-refractivity contribution >= 4 is 11.8 Å². The van der Waals surface area contributed by atoms with E-state index in [4.69, 9.17) is 6.42 Å². The summed E-state index contributed by atoms with van der Waals surface area (Å²) in [7, 11) is 0. The molecular weight excluding hydrogens is 178 g/mol. The SMILES string of the molecule is C#CCSCCNC(CC)C1CC1. The van der Waals surface area contributed by atoms with E-state index in [0.717, 1.165) is 30.0 Å². The molecule has 0 aromatic heterocycles. The van der Waals surface area contributed by atoms with Crippen molar-refractivity contribution in [2.24, 2.45) is 5.92 Å². The minimum absolute atomic E-state index is 0.770. The molecule has 1 aliphatic rings. The van der Waals surface area contributed by atoms with E-state index in [1.54, 1.807) is 0 Å². The van der Waals surface area contributed by atoms with Gasteiger partial charge in [-0.1, -0.05) is 12.8 Å². The van der Waals surface area contributed by atoms with Crippen LogP contribution < -0.4 is 5.32 Å². The Bertz CT molecular complexity index is 169. The van der Waals surface area contributed by atoms with E-state index in [9.17, 15) is 0 Å². The van der Waals surface area contributed by atoms with Crippen LogP contribution in [-0.4, -0.2) is 24.1 Å². The van der Waals surface area contributed by atoms with E-state index in [1.807, 2.05) is 11.8 Å². The van der Waals surface area contributed by atoms with Crippen molar-refractivity contribution in [1.29, 1.82) is 0 Å². The fourth-order valence-electron chi connectivity index (χ4n) is 1.59. The van der Waals surface area contributed by atoms with Crippen LogP contribution in [0.1, 0.15) is 26.2 Å². The van der Waals surface area contributed by atoms with Gasteiger partial charge in [0.05, 0.1) is 5.75 Å². The van der Waals surface area contributed by atoms with Crippen molar-refractivity contribution in [1.82, 2.24) is 5.32 Å². The molecule has 0 heterocycles. The Morgan fingerprint density at radius 2 is 2.38 bits per heavy atom. The summed E-state index contributed by atoms with van der Waals surface area (Å²) in [5, 5.41) is 3.60. The first kappa shape index (κ1) is 10.9. The van der Waals surface area contributed by atoms with Gasteiger partial charge in [0.2, 0.25) is 0 Å². The lowest BCUT2D eigenvalue weighted by Gasteiger charge is -2.15. The Labute approximate surface area is 86.1 Å². The highest BCUT2D eigenvalue weighted by molar-refractivity contribution is 7.99. The van der Waals surface area contributed by atoms with Crippen molar-refractivity contribution in [3.63, 3.8) is 0 Å². The van der Waals surface area contributed by atoms with Gasteiger partial charge < -0.3 is 5.32 Å². The maximum Gasteiger partial charge on any atom is 0.0545 e. The molecule has 0 spiro atoms. The van der Waals surface area contributed by atoms with Gasteiger partial charge in [0.15, 0.2) is 0 Å². The molecule has 0 aromatic rings. The van der Waals surface area contributed by atoms with Crippen molar-refractivity contribution in [3.8, 4) is 12.3 Å². The number of terminal acetylenes is 1. The Morgan fingerprint density at radius 3 is 2.92 bits per heavy atom. The van der Waals surface area contributed by atoms with Crippen LogP contribution in [-0.2, 0) is 0 Å². The molecule has 0 aromatic carbocycles. The standard InChI is InChI=1S/C11H19NS/c1-3-8-13-9-7-12-11(4-2)10-5-6-10/h1,10-12H,4-9H2,2H3. The van der Waals surface area contributed by atoms with Gasteiger partial charge in [0, 0.05) is 18.3 Å². The molecule has 0 radical (unpaired) electrons. The Hall–Kier alpha value is -0.130. The Balaban J connectivity index is 1.94. The number of hydrogen-bond donors (Lipinski definition) is 1. The predicted molar refractivity (Wildman–Crippen MR) is 61.0 cm³/mol. The third-order valence-corrected chi connectivity index (χ3v) is 3.33. The molecule has 74 valence electrons. The summed E-state index contributed by atoms with van der Waals surface area (Å²) >= 11 is 1.84. The summed E-state index contributed by atoms with van der Waals surface area (Å²) in [6.45, 7) is 3.38. The van der Waals surface area contributed by atoms with Gasteiger partial charge in [-0.2, -0.15) is 0 Å². The van der Waals surface area contributed by atoms with Gasteiger partial charge in [-0.05, 0) is 25.2 Å².